The molecule has 7 heteroatoms. The summed E-state index contributed by atoms with van der Waals surface area (Å²) in [5.41, 5.74) is 0. The van der Waals surface area contributed by atoms with Gasteiger partial charge in [0, 0.05) is 25.2 Å². The van der Waals surface area contributed by atoms with Gasteiger partial charge >= 0.3 is 0 Å². The van der Waals surface area contributed by atoms with Crippen molar-refractivity contribution in [3.05, 3.63) is 17.3 Å². The summed E-state index contributed by atoms with van der Waals surface area (Å²) in [5, 5.41) is 0.506. The molecule has 22 heavy (non-hydrogen) atoms. The summed E-state index contributed by atoms with van der Waals surface area (Å²) >= 11 is 5.93. The van der Waals surface area contributed by atoms with Gasteiger partial charge in [-0.05, 0) is 12.8 Å². The van der Waals surface area contributed by atoms with E-state index >= 15 is 0 Å². The average molecular weight is 326 g/mol. The number of amides is 1. The number of anilines is 1. The number of ether oxygens (including phenoxy) is 1. The molecular formula is C15H17ClFN3O2. The number of hydrogen-bond acceptors (Lipinski definition) is 4. The predicted octanol–water partition coefficient (Wildman–Crippen LogP) is 2.04. The SMILES string of the molecule is O=C1CCCN1C1CC2COc3cc(Cl)cnc3N2CC1F. The van der Waals surface area contributed by atoms with Crippen LogP contribution in [0.1, 0.15) is 19.3 Å². The molecule has 3 aliphatic heterocycles. The molecule has 1 amide bonds. The van der Waals surface area contributed by atoms with Crippen molar-refractivity contribution in [3.8, 4) is 5.75 Å². The summed E-state index contributed by atoms with van der Waals surface area (Å²) in [4.78, 5) is 19.9. The monoisotopic (exact) mass is 325 g/mol. The Labute approximate surface area is 133 Å². The molecule has 4 rings (SSSR count). The molecule has 118 valence electrons. The summed E-state index contributed by atoms with van der Waals surface area (Å²) in [5.74, 6) is 1.32. The highest BCUT2D eigenvalue weighted by atomic mass is 35.5. The van der Waals surface area contributed by atoms with Gasteiger partial charge in [-0.1, -0.05) is 11.6 Å². The number of piperidine rings is 1. The first-order chi connectivity index (χ1) is 10.6. The van der Waals surface area contributed by atoms with Gasteiger partial charge in [0.25, 0.3) is 0 Å². The fourth-order valence-electron chi connectivity index (χ4n) is 3.69. The number of rotatable bonds is 1. The van der Waals surface area contributed by atoms with Gasteiger partial charge in [-0.15, -0.1) is 0 Å². The zero-order valence-electron chi connectivity index (χ0n) is 12.0. The van der Waals surface area contributed by atoms with Gasteiger partial charge < -0.3 is 14.5 Å². The lowest BCUT2D eigenvalue weighted by atomic mass is 9.94. The molecule has 3 aliphatic rings. The van der Waals surface area contributed by atoms with Gasteiger partial charge in [0.05, 0.1) is 23.7 Å². The first kappa shape index (κ1) is 14.1. The molecule has 4 heterocycles. The van der Waals surface area contributed by atoms with Crippen molar-refractivity contribution >= 4 is 23.3 Å². The predicted molar refractivity (Wildman–Crippen MR) is 80.1 cm³/mol. The van der Waals surface area contributed by atoms with Gasteiger partial charge in [-0.3, -0.25) is 4.79 Å². The van der Waals surface area contributed by atoms with Crippen LogP contribution in [0, 0.1) is 0 Å². The molecular weight excluding hydrogens is 309 g/mol. The number of carbonyl (C=O) groups is 1. The summed E-state index contributed by atoms with van der Waals surface area (Å²) in [7, 11) is 0. The molecule has 1 aromatic heterocycles. The summed E-state index contributed by atoms with van der Waals surface area (Å²) in [6, 6.07) is 1.42. The van der Waals surface area contributed by atoms with Crippen molar-refractivity contribution in [2.75, 3.05) is 24.6 Å². The number of halogens is 2. The Kier molecular flexibility index (Phi) is 3.36. The van der Waals surface area contributed by atoms with Gasteiger partial charge in [-0.25, -0.2) is 9.37 Å². The van der Waals surface area contributed by atoms with Gasteiger partial charge in [0.15, 0.2) is 11.6 Å². The standard InChI is InChI=1S/C15H17ClFN3O2/c16-9-4-13-15(18-6-9)20-7-11(17)12(5-10(20)8-22-13)19-3-1-2-14(19)21/h4,6,10-12H,1-3,5,7-8H2. The first-order valence-corrected chi connectivity index (χ1v) is 8.00. The third kappa shape index (κ3) is 2.20. The molecule has 0 aliphatic carbocycles. The van der Waals surface area contributed by atoms with E-state index in [1.54, 1.807) is 17.2 Å². The highest BCUT2D eigenvalue weighted by molar-refractivity contribution is 6.30. The Bertz CT molecular complexity index is 614. The highest BCUT2D eigenvalue weighted by Crippen LogP contribution is 2.38. The van der Waals surface area contributed by atoms with E-state index in [0.717, 1.165) is 6.42 Å². The molecule has 0 N–H and O–H groups in total. The number of pyridine rings is 1. The normalized spacial score (nSPS) is 30.8. The minimum absolute atomic E-state index is 0.0478. The van der Waals surface area contributed by atoms with Crippen LogP contribution in [0.25, 0.3) is 0 Å². The van der Waals surface area contributed by atoms with Crippen molar-refractivity contribution in [2.45, 2.75) is 37.5 Å². The Morgan fingerprint density at radius 3 is 3.05 bits per heavy atom. The molecule has 0 radical (unpaired) electrons. The molecule has 0 saturated carbocycles. The topological polar surface area (TPSA) is 45.7 Å². The van der Waals surface area contributed by atoms with E-state index in [2.05, 4.69) is 4.98 Å². The Balaban J connectivity index is 1.59. The molecule has 3 atom stereocenters. The number of carbonyl (C=O) groups excluding carboxylic acids is 1. The van der Waals surface area contributed by atoms with Crippen LogP contribution in [0.15, 0.2) is 12.3 Å². The maximum Gasteiger partial charge on any atom is 0.222 e. The van der Waals surface area contributed by atoms with Crippen LogP contribution in [0.4, 0.5) is 10.2 Å². The van der Waals surface area contributed by atoms with Crippen LogP contribution in [0.5, 0.6) is 5.75 Å². The fraction of sp³-hybridized carbons (Fsp3) is 0.600. The van der Waals surface area contributed by atoms with E-state index in [1.807, 2.05) is 4.90 Å². The van der Waals surface area contributed by atoms with Crippen molar-refractivity contribution in [1.29, 1.82) is 0 Å². The maximum atomic E-state index is 14.7. The van der Waals surface area contributed by atoms with E-state index in [0.29, 0.717) is 42.6 Å². The largest absolute Gasteiger partial charge is 0.488 e. The summed E-state index contributed by atoms with van der Waals surface area (Å²) in [6.07, 6.45) is 2.43. The third-order valence-corrected chi connectivity index (χ3v) is 4.96. The number of aromatic nitrogens is 1. The lowest BCUT2D eigenvalue weighted by molar-refractivity contribution is -0.131. The lowest BCUT2D eigenvalue weighted by Crippen LogP contribution is -2.59. The van der Waals surface area contributed by atoms with E-state index in [9.17, 15) is 9.18 Å². The summed E-state index contributed by atoms with van der Waals surface area (Å²) in [6.45, 7) is 1.38. The second-order valence-electron chi connectivity index (χ2n) is 6.10. The number of alkyl halides is 1. The summed E-state index contributed by atoms with van der Waals surface area (Å²) < 4.78 is 20.4. The quantitative estimate of drug-likeness (QED) is 0.792. The Morgan fingerprint density at radius 1 is 1.41 bits per heavy atom. The fourth-order valence-corrected chi connectivity index (χ4v) is 3.84. The Hall–Kier alpha value is -1.56. The molecule has 5 nitrogen and oxygen atoms in total. The van der Waals surface area contributed by atoms with Crippen molar-refractivity contribution in [3.63, 3.8) is 0 Å². The molecule has 2 saturated heterocycles. The number of likely N-dealkylation sites (tertiary alicyclic amines) is 1. The second kappa shape index (κ2) is 5.26. The average Bonchev–Trinajstić information content (AvgIpc) is 2.92. The third-order valence-electron chi connectivity index (χ3n) is 4.76. The molecule has 0 spiro atoms. The van der Waals surface area contributed by atoms with Crippen LogP contribution in [-0.2, 0) is 4.79 Å². The molecule has 2 fully saturated rings. The zero-order valence-corrected chi connectivity index (χ0v) is 12.8. The smallest absolute Gasteiger partial charge is 0.222 e. The minimum Gasteiger partial charge on any atom is -0.488 e. The number of hydrogen-bond donors (Lipinski definition) is 0. The lowest BCUT2D eigenvalue weighted by Gasteiger charge is -2.46. The van der Waals surface area contributed by atoms with Crippen LogP contribution >= 0.6 is 11.6 Å². The van der Waals surface area contributed by atoms with Crippen LogP contribution in [0.3, 0.4) is 0 Å². The molecule has 3 unspecified atom stereocenters. The number of nitrogens with zero attached hydrogens (tertiary/aromatic N) is 3. The van der Waals surface area contributed by atoms with E-state index < -0.39 is 6.17 Å². The van der Waals surface area contributed by atoms with E-state index in [4.69, 9.17) is 16.3 Å². The maximum absolute atomic E-state index is 14.7. The highest BCUT2D eigenvalue weighted by Gasteiger charge is 2.44. The van der Waals surface area contributed by atoms with Crippen LogP contribution in [-0.4, -0.2) is 53.7 Å². The van der Waals surface area contributed by atoms with E-state index in [-0.39, 0.29) is 24.5 Å². The van der Waals surface area contributed by atoms with Gasteiger partial charge in [-0.2, -0.15) is 0 Å². The molecule has 0 bridgehead atoms. The van der Waals surface area contributed by atoms with Gasteiger partial charge in [0.2, 0.25) is 5.91 Å². The van der Waals surface area contributed by atoms with Crippen molar-refractivity contribution < 1.29 is 13.9 Å². The van der Waals surface area contributed by atoms with Crippen molar-refractivity contribution in [1.82, 2.24) is 9.88 Å². The Morgan fingerprint density at radius 2 is 2.27 bits per heavy atom. The first-order valence-electron chi connectivity index (χ1n) is 7.62. The second-order valence-corrected chi connectivity index (χ2v) is 6.54. The van der Waals surface area contributed by atoms with Crippen LogP contribution < -0.4 is 9.64 Å². The number of fused-ring (bicyclic) bond motifs is 3. The zero-order chi connectivity index (χ0) is 15.3. The minimum atomic E-state index is -1.07. The molecule has 1 aromatic rings. The van der Waals surface area contributed by atoms with Crippen LogP contribution in [0.2, 0.25) is 5.02 Å². The molecule has 0 aromatic carbocycles. The van der Waals surface area contributed by atoms with Crippen molar-refractivity contribution in [2.24, 2.45) is 0 Å². The van der Waals surface area contributed by atoms with Gasteiger partial charge in [0.1, 0.15) is 12.8 Å². The van der Waals surface area contributed by atoms with E-state index in [1.165, 1.54) is 0 Å².